The van der Waals surface area contributed by atoms with E-state index in [9.17, 15) is 9.59 Å². The third-order valence-corrected chi connectivity index (χ3v) is 4.69. The zero-order valence-corrected chi connectivity index (χ0v) is 13.1. The summed E-state index contributed by atoms with van der Waals surface area (Å²) < 4.78 is 0. The van der Waals surface area contributed by atoms with E-state index in [1.807, 2.05) is 27.7 Å². The average Bonchev–Trinajstić information content (AvgIpc) is 2.37. The van der Waals surface area contributed by atoms with E-state index in [-0.39, 0.29) is 35.7 Å². The standard InChI is InChI=1S/C16H28N2O2/c1-9(2)17-15(19)13-11-5-7-12(8-6-11)14(13)16(20)18-10(3)4/h9-14H,5-8H2,1-4H3,(H,17,19)(H,18,20)/t11?,12?,13-,14-/m1/s1. The molecule has 3 rings (SSSR count). The zero-order chi connectivity index (χ0) is 14.9. The second-order valence-electron chi connectivity index (χ2n) is 7.05. The molecule has 0 aromatic carbocycles. The molecule has 20 heavy (non-hydrogen) atoms. The molecule has 4 heteroatoms. The molecule has 3 fully saturated rings. The molecule has 114 valence electrons. The third kappa shape index (κ3) is 3.15. The molecule has 3 saturated carbocycles. The maximum absolute atomic E-state index is 12.5. The van der Waals surface area contributed by atoms with E-state index in [0.29, 0.717) is 11.8 Å². The lowest BCUT2D eigenvalue weighted by Crippen LogP contribution is -2.54. The summed E-state index contributed by atoms with van der Waals surface area (Å²) in [5.41, 5.74) is 0. The summed E-state index contributed by atoms with van der Waals surface area (Å²) in [5.74, 6) is 0.701. The van der Waals surface area contributed by atoms with Crippen molar-refractivity contribution in [3.63, 3.8) is 0 Å². The summed E-state index contributed by atoms with van der Waals surface area (Å²) in [6, 6.07) is 0.272. The van der Waals surface area contributed by atoms with Crippen LogP contribution in [0.3, 0.4) is 0 Å². The Labute approximate surface area is 122 Å². The molecule has 4 nitrogen and oxygen atoms in total. The molecule has 2 amide bonds. The zero-order valence-electron chi connectivity index (χ0n) is 13.1. The van der Waals surface area contributed by atoms with Crippen LogP contribution in [0.4, 0.5) is 0 Å². The first kappa shape index (κ1) is 15.3. The van der Waals surface area contributed by atoms with Crippen LogP contribution >= 0.6 is 0 Å². The van der Waals surface area contributed by atoms with Crippen molar-refractivity contribution in [1.29, 1.82) is 0 Å². The summed E-state index contributed by atoms with van der Waals surface area (Å²) in [6.07, 6.45) is 4.41. The summed E-state index contributed by atoms with van der Waals surface area (Å²) in [4.78, 5) is 25.0. The van der Waals surface area contributed by atoms with Gasteiger partial charge >= 0.3 is 0 Å². The van der Waals surface area contributed by atoms with Crippen LogP contribution in [0.5, 0.6) is 0 Å². The van der Waals surface area contributed by atoms with Crippen molar-refractivity contribution in [3.05, 3.63) is 0 Å². The fourth-order valence-electron chi connectivity index (χ4n) is 3.97. The molecule has 0 aromatic heterocycles. The second-order valence-corrected chi connectivity index (χ2v) is 7.05. The minimum Gasteiger partial charge on any atom is -0.354 e. The quantitative estimate of drug-likeness (QED) is 0.828. The number of hydrogen-bond donors (Lipinski definition) is 2. The highest BCUT2D eigenvalue weighted by Crippen LogP contribution is 2.49. The Morgan fingerprint density at radius 2 is 1.05 bits per heavy atom. The minimum atomic E-state index is -0.122. The lowest BCUT2D eigenvalue weighted by atomic mass is 9.58. The largest absolute Gasteiger partial charge is 0.354 e. The highest BCUT2D eigenvalue weighted by Gasteiger charge is 2.50. The Balaban J connectivity index is 2.16. The van der Waals surface area contributed by atoms with Crippen LogP contribution in [0.2, 0.25) is 0 Å². The van der Waals surface area contributed by atoms with Gasteiger partial charge in [0.2, 0.25) is 11.8 Å². The fourth-order valence-corrected chi connectivity index (χ4v) is 3.97. The van der Waals surface area contributed by atoms with Crippen molar-refractivity contribution >= 4 is 11.8 Å². The van der Waals surface area contributed by atoms with Gasteiger partial charge in [0.05, 0.1) is 11.8 Å². The van der Waals surface area contributed by atoms with Crippen molar-refractivity contribution in [2.45, 2.75) is 65.5 Å². The monoisotopic (exact) mass is 280 g/mol. The van der Waals surface area contributed by atoms with Crippen molar-refractivity contribution in [3.8, 4) is 0 Å². The van der Waals surface area contributed by atoms with E-state index in [2.05, 4.69) is 10.6 Å². The van der Waals surface area contributed by atoms with Gasteiger partial charge in [-0.05, 0) is 65.2 Å². The molecular formula is C16H28N2O2. The lowest BCUT2D eigenvalue weighted by Gasteiger charge is -2.47. The van der Waals surface area contributed by atoms with Crippen LogP contribution < -0.4 is 10.6 Å². The van der Waals surface area contributed by atoms with Gasteiger partial charge in [0.15, 0.2) is 0 Å². The number of carbonyl (C=O) groups excluding carboxylic acids is 2. The van der Waals surface area contributed by atoms with E-state index in [1.165, 1.54) is 0 Å². The van der Waals surface area contributed by atoms with Gasteiger partial charge in [0.25, 0.3) is 0 Å². The Morgan fingerprint density at radius 1 is 0.750 bits per heavy atom. The fraction of sp³-hybridized carbons (Fsp3) is 0.875. The van der Waals surface area contributed by atoms with E-state index in [1.54, 1.807) is 0 Å². The Hall–Kier alpha value is -1.06. The van der Waals surface area contributed by atoms with E-state index < -0.39 is 0 Å². The number of amides is 2. The topological polar surface area (TPSA) is 58.2 Å². The molecular weight excluding hydrogens is 252 g/mol. The van der Waals surface area contributed by atoms with Crippen LogP contribution in [0, 0.1) is 23.7 Å². The number of fused-ring (bicyclic) bond motifs is 3. The minimum absolute atomic E-state index is 0.0818. The van der Waals surface area contributed by atoms with E-state index in [0.717, 1.165) is 25.7 Å². The normalized spacial score (nSPS) is 32.5. The molecule has 0 spiro atoms. The first-order chi connectivity index (χ1) is 9.40. The highest BCUT2D eigenvalue weighted by molar-refractivity contribution is 5.88. The van der Waals surface area contributed by atoms with Gasteiger partial charge in [0, 0.05) is 12.1 Å². The summed E-state index contributed by atoms with van der Waals surface area (Å²) in [5, 5.41) is 6.03. The molecule has 3 aliphatic rings. The molecule has 2 bridgehead atoms. The van der Waals surface area contributed by atoms with Crippen molar-refractivity contribution in [2.75, 3.05) is 0 Å². The molecule has 0 aliphatic heterocycles. The second kappa shape index (κ2) is 6.15. The number of nitrogens with one attached hydrogen (secondary N) is 2. The molecule has 0 unspecified atom stereocenters. The summed E-state index contributed by atoms with van der Waals surface area (Å²) >= 11 is 0. The van der Waals surface area contributed by atoms with Crippen molar-refractivity contribution < 1.29 is 9.59 Å². The molecule has 2 atom stereocenters. The maximum atomic E-state index is 12.5. The maximum Gasteiger partial charge on any atom is 0.224 e. The average molecular weight is 280 g/mol. The van der Waals surface area contributed by atoms with Gasteiger partial charge < -0.3 is 10.6 Å². The van der Waals surface area contributed by atoms with Crippen LogP contribution in [0.25, 0.3) is 0 Å². The third-order valence-electron chi connectivity index (χ3n) is 4.69. The van der Waals surface area contributed by atoms with Gasteiger partial charge in [-0.15, -0.1) is 0 Å². The first-order valence-electron chi connectivity index (χ1n) is 8.01. The number of rotatable bonds is 4. The SMILES string of the molecule is CC(C)NC(=O)[C@@H]1C2CCC(CC2)[C@H]1C(=O)NC(C)C. The number of carbonyl (C=O) groups is 2. The Morgan fingerprint density at radius 3 is 1.30 bits per heavy atom. The van der Waals surface area contributed by atoms with Crippen molar-refractivity contribution in [1.82, 2.24) is 10.6 Å². The smallest absolute Gasteiger partial charge is 0.224 e. The molecule has 2 N–H and O–H groups in total. The van der Waals surface area contributed by atoms with Crippen LogP contribution in [-0.2, 0) is 9.59 Å². The molecule has 0 radical (unpaired) electrons. The van der Waals surface area contributed by atoms with Crippen LogP contribution in [0.1, 0.15) is 53.4 Å². The van der Waals surface area contributed by atoms with Gasteiger partial charge in [0.1, 0.15) is 0 Å². The predicted octanol–water partition coefficient (Wildman–Crippen LogP) is 2.09. The van der Waals surface area contributed by atoms with Gasteiger partial charge in [-0.3, -0.25) is 9.59 Å². The van der Waals surface area contributed by atoms with E-state index >= 15 is 0 Å². The van der Waals surface area contributed by atoms with Gasteiger partial charge in [-0.1, -0.05) is 0 Å². The van der Waals surface area contributed by atoms with Gasteiger partial charge in [-0.25, -0.2) is 0 Å². The van der Waals surface area contributed by atoms with Gasteiger partial charge in [-0.2, -0.15) is 0 Å². The predicted molar refractivity (Wildman–Crippen MR) is 79.0 cm³/mol. The highest BCUT2D eigenvalue weighted by atomic mass is 16.2. The number of hydrogen-bond acceptors (Lipinski definition) is 2. The molecule has 0 aromatic rings. The van der Waals surface area contributed by atoms with Crippen molar-refractivity contribution in [2.24, 2.45) is 23.7 Å². The Bertz CT molecular complexity index is 335. The van der Waals surface area contributed by atoms with Crippen LogP contribution in [-0.4, -0.2) is 23.9 Å². The summed E-state index contributed by atoms with van der Waals surface area (Å²) in [6.45, 7) is 7.90. The molecule has 0 saturated heterocycles. The van der Waals surface area contributed by atoms with E-state index in [4.69, 9.17) is 0 Å². The lowest BCUT2D eigenvalue weighted by molar-refractivity contribution is -0.146. The first-order valence-corrected chi connectivity index (χ1v) is 8.01. The molecule has 3 aliphatic carbocycles. The molecule has 0 heterocycles. The summed E-state index contributed by atoms with van der Waals surface area (Å²) in [7, 11) is 0. The Kier molecular flexibility index (Phi) is 4.71. The van der Waals surface area contributed by atoms with Crippen LogP contribution in [0.15, 0.2) is 0 Å².